The average molecular weight is 475 g/mol. The first kappa shape index (κ1) is 21.3. The Bertz CT molecular complexity index is 1440. The summed E-state index contributed by atoms with van der Waals surface area (Å²) in [6.07, 6.45) is 1.92. The Kier molecular flexibility index (Phi) is 5.90. The zero-order valence-electron chi connectivity index (χ0n) is 17.4. The molecule has 0 aliphatic carbocycles. The van der Waals surface area contributed by atoms with Gasteiger partial charge in [0, 0.05) is 29.3 Å². The van der Waals surface area contributed by atoms with Crippen LogP contribution in [0.3, 0.4) is 0 Å². The van der Waals surface area contributed by atoms with Gasteiger partial charge in [0.05, 0.1) is 10.4 Å². The van der Waals surface area contributed by atoms with Gasteiger partial charge in [0.25, 0.3) is 5.91 Å². The molecule has 5 aromatic rings. The molecule has 1 unspecified atom stereocenters. The largest absolute Gasteiger partial charge is 0.348 e. The summed E-state index contributed by atoms with van der Waals surface area (Å²) in [6.45, 7) is 0.299. The third kappa shape index (κ3) is 4.37. The summed E-state index contributed by atoms with van der Waals surface area (Å²) in [6, 6.07) is 22.7. The van der Waals surface area contributed by atoms with E-state index in [-0.39, 0.29) is 11.7 Å². The predicted octanol–water partition coefficient (Wildman–Crippen LogP) is 6.01. The van der Waals surface area contributed by atoms with E-state index in [0.717, 1.165) is 27.6 Å². The van der Waals surface area contributed by atoms with E-state index in [9.17, 15) is 13.4 Å². The third-order valence-electron chi connectivity index (χ3n) is 5.37. The van der Waals surface area contributed by atoms with Gasteiger partial charge in [-0.25, -0.2) is 8.60 Å². The topological polar surface area (TPSA) is 51.1 Å². The molecule has 2 heterocycles. The van der Waals surface area contributed by atoms with Crippen LogP contribution in [0.25, 0.3) is 22.0 Å². The van der Waals surface area contributed by atoms with Crippen LogP contribution in [-0.4, -0.2) is 14.1 Å². The van der Waals surface area contributed by atoms with E-state index in [4.69, 9.17) is 0 Å². The van der Waals surface area contributed by atoms with E-state index in [1.54, 1.807) is 51.7 Å². The van der Waals surface area contributed by atoms with Crippen molar-refractivity contribution < 1.29 is 13.4 Å². The molecule has 0 bridgehead atoms. The summed E-state index contributed by atoms with van der Waals surface area (Å²) in [4.78, 5) is 13.1. The van der Waals surface area contributed by atoms with E-state index in [1.165, 1.54) is 12.1 Å². The third-order valence-corrected chi connectivity index (χ3v) is 7.39. The Morgan fingerprint density at radius 1 is 0.970 bits per heavy atom. The maximum absolute atomic E-state index is 13.4. The molecule has 1 N–H and O–H groups in total. The van der Waals surface area contributed by atoms with E-state index in [1.807, 2.05) is 35.8 Å². The minimum atomic E-state index is -1.47. The lowest BCUT2D eigenvalue weighted by molar-refractivity contribution is 0.0951. The zero-order chi connectivity index (χ0) is 22.8. The first-order chi connectivity index (χ1) is 16.1. The van der Waals surface area contributed by atoms with Gasteiger partial charge in [-0.15, -0.1) is 0 Å². The van der Waals surface area contributed by atoms with E-state index < -0.39 is 11.0 Å². The number of para-hydroxylation sites is 1. The highest BCUT2D eigenvalue weighted by Crippen LogP contribution is 2.33. The normalized spacial score (nSPS) is 12.0. The Labute approximate surface area is 196 Å². The van der Waals surface area contributed by atoms with Crippen molar-refractivity contribution >= 4 is 39.1 Å². The highest BCUT2D eigenvalue weighted by Gasteiger charge is 2.16. The maximum atomic E-state index is 13.4. The fourth-order valence-corrected chi connectivity index (χ4v) is 5.45. The van der Waals surface area contributed by atoms with E-state index >= 15 is 0 Å². The molecule has 2 aromatic heterocycles. The summed E-state index contributed by atoms with van der Waals surface area (Å²) in [5.41, 5.74) is 4.30. The second-order valence-electron chi connectivity index (χ2n) is 7.48. The molecule has 164 valence electrons. The molecular formula is C26H19FN2O2S2. The summed E-state index contributed by atoms with van der Waals surface area (Å²) < 4.78 is 28.2. The standard InChI is InChI=1S/C26H19FN2O2S2/c27-21-9-5-18(6-10-21)15-28-26(30)19-7-11-22(12-8-19)33(31)29-16-24(20-13-14-32-17-20)23-3-1-2-4-25(23)29/h1-14,16-17H,15H2,(H,28,30). The minimum Gasteiger partial charge on any atom is -0.348 e. The Hall–Kier alpha value is -3.55. The van der Waals surface area contributed by atoms with Crippen molar-refractivity contribution in [2.75, 3.05) is 0 Å². The maximum Gasteiger partial charge on any atom is 0.251 e. The van der Waals surface area contributed by atoms with Crippen LogP contribution in [0.5, 0.6) is 0 Å². The molecule has 1 atom stereocenters. The lowest BCUT2D eigenvalue weighted by atomic mass is 10.1. The van der Waals surface area contributed by atoms with Gasteiger partial charge in [0.15, 0.2) is 11.0 Å². The number of benzene rings is 3. The van der Waals surface area contributed by atoms with Crippen molar-refractivity contribution in [3.63, 3.8) is 0 Å². The number of nitrogens with zero attached hydrogens (tertiary/aromatic N) is 1. The SMILES string of the molecule is O=C(NCc1ccc(F)cc1)c1ccc(S(=O)n2cc(-c3ccsc3)c3ccccc32)cc1. The monoisotopic (exact) mass is 474 g/mol. The molecular weight excluding hydrogens is 455 g/mol. The number of amides is 1. The average Bonchev–Trinajstić information content (AvgIpc) is 3.51. The molecule has 0 saturated heterocycles. The van der Waals surface area contributed by atoms with Crippen LogP contribution in [0.4, 0.5) is 4.39 Å². The van der Waals surface area contributed by atoms with Crippen molar-refractivity contribution in [2.45, 2.75) is 11.4 Å². The second kappa shape index (κ2) is 9.13. The van der Waals surface area contributed by atoms with Crippen molar-refractivity contribution in [1.82, 2.24) is 9.29 Å². The number of aromatic nitrogens is 1. The number of halogens is 1. The Balaban J connectivity index is 1.36. The molecule has 0 aliphatic rings. The van der Waals surface area contributed by atoms with Crippen molar-refractivity contribution in [1.29, 1.82) is 0 Å². The fourth-order valence-electron chi connectivity index (χ4n) is 3.66. The minimum absolute atomic E-state index is 0.247. The summed E-state index contributed by atoms with van der Waals surface area (Å²) >= 11 is 1.62. The number of thiophene rings is 1. The van der Waals surface area contributed by atoms with E-state index in [2.05, 4.69) is 16.8 Å². The first-order valence-corrected chi connectivity index (χ1v) is 12.3. The van der Waals surface area contributed by atoms with Gasteiger partial charge < -0.3 is 5.32 Å². The van der Waals surface area contributed by atoms with Crippen LogP contribution < -0.4 is 5.32 Å². The van der Waals surface area contributed by atoms with Gasteiger partial charge in [0.1, 0.15) is 5.82 Å². The molecule has 0 radical (unpaired) electrons. The number of carbonyl (C=O) groups excluding carboxylic acids is 1. The van der Waals surface area contributed by atoms with Crippen LogP contribution >= 0.6 is 11.3 Å². The Morgan fingerprint density at radius 2 is 1.73 bits per heavy atom. The Morgan fingerprint density at radius 3 is 2.45 bits per heavy atom. The summed E-state index contributed by atoms with van der Waals surface area (Å²) in [7, 11) is -1.47. The van der Waals surface area contributed by atoms with Gasteiger partial charge in [-0.3, -0.25) is 8.77 Å². The number of rotatable bonds is 6. The number of fused-ring (bicyclic) bond motifs is 1. The molecule has 0 aliphatic heterocycles. The molecule has 3 aromatic carbocycles. The van der Waals surface area contributed by atoms with Gasteiger partial charge >= 0.3 is 0 Å². The van der Waals surface area contributed by atoms with Gasteiger partial charge in [-0.2, -0.15) is 11.3 Å². The van der Waals surface area contributed by atoms with Crippen LogP contribution in [0, 0.1) is 5.82 Å². The van der Waals surface area contributed by atoms with Crippen LogP contribution in [0.2, 0.25) is 0 Å². The van der Waals surface area contributed by atoms with Gasteiger partial charge in [-0.05, 0) is 70.4 Å². The fraction of sp³-hybridized carbons (Fsp3) is 0.0385. The highest BCUT2D eigenvalue weighted by molar-refractivity contribution is 7.83. The molecule has 0 saturated carbocycles. The van der Waals surface area contributed by atoms with Crippen molar-refractivity contribution in [3.05, 3.63) is 113 Å². The van der Waals surface area contributed by atoms with E-state index in [0.29, 0.717) is 17.0 Å². The zero-order valence-corrected chi connectivity index (χ0v) is 19.0. The van der Waals surface area contributed by atoms with Crippen molar-refractivity contribution in [2.24, 2.45) is 0 Å². The molecule has 7 heteroatoms. The molecule has 1 amide bonds. The molecule has 5 rings (SSSR count). The smallest absolute Gasteiger partial charge is 0.251 e. The number of hydrogen-bond acceptors (Lipinski definition) is 3. The predicted molar refractivity (Wildman–Crippen MR) is 131 cm³/mol. The molecule has 0 fully saturated rings. The molecule has 4 nitrogen and oxygen atoms in total. The van der Waals surface area contributed by atoms with Crippen LogP contribution in [-0.2, 0) is 17.5 Å². The number of carbonyl (C=O) groups is 1. The molecule has 0 spiro atoms. The number of hydrogen-bond donors (Lipinski definition) is 1. The molecule has 33 heavy (non-hydrogen) atoms. The van der Waals surface area contributed by atoms with Gasteiger partial charge in [0.2, 0.25) is 0 Å². The van der Waals surface area contributed by atoms with Crippen LogP contribution in [0.15, 0.2) is 101 Å². The highest BCUT2D eigenvalue weighted by atomic mass is 32.2. The first-order valence-electron chi connectivity index (χ1n) is 10.3. The summed E-state index contributed by atoms with van der Waals surface area (Å²) in [5.74, 6) is -0.561. The van der Waals surface area contributed by atoms with Crippen molar-refractivity contribution in [3.8, 4) is 11.1 Å². The number of nitrogens with one attached hydrogen (secondary N) is 1. The lowest BCUT2D eigenvalue weighted by Gasteiger charge is -2.08. The quantitative estimate of drug-likeness (QED) is 0.328. The summed E-state index contributed by atoms with van der Waals surface area (Å²) in [5, 5.41) is 7.96. The van der Waals surface area contributed by atoms with Crippen LogP contribution in [0.1, 0.15) is 15.9 Å². The second-order valence-corrected chi connectivity index (χ2v) is 9.62. The van der Waals surface area contributed by atoms with Gasteiger partial charge in [-0.1, -0.05) is 30.3 Å². The lowest BCUT2D eigenvalue weighted by Crippen LogP contribution is -2.22.